The van der Waals surface area contributed by atoms with E-state index in [4.69, 9.17) is 52.8 Å². The van der Waals surface area contributed by atoms with Gasteiger partial charge in [-0.3, -0.25) is 0 Å². The Morgan fingerprint density at radius 3 is 1.16 bits per heavy atom. The number of hydrogen-bond acceptors (Lipinski definition) is 17. The van der Waals surface area contributed by atoms with Crippen molar-refractivity contribution >= 4 is 42.0 Å². The van der Waals surface area contributed by atoms with Gasteiger partial charge in [-0.05, 0) is 54.6 Å². The van der Waals surface area contributed by atoms with Gasteiger partial charge in [-0.1, -0.05) is 26.3 Å². The van der Waals surface area contributed by atoms with Crippen molar-refractivity contribution in [3.05, 3.63) is 122 Å². The Balaban J connectivity index is 1.71. The molecule has 62 heavy (non-hydrogen) atoms. The second-order valence-corrected chi connectivity index (χ2v) is 12.2. The summed E-state index contributed by atoms with van der Waals surface area (Å²) >= 11 is 0. The van der Waals surface area contributed by atoms with Crippen LogP contribution in [0.2, 0.25) is 0 Å². The summed E-state index contributed by atoms with van der Waals surface area (Å²) in [6.45, 7) is 14.2. The van der Waals surface area contributed by atoms with E-state index in [0.29, 0.717) is 25.7 Å². The van der Waals surface area contributed by atoms with E-state index in [1.54, 1.807) is 0 Å². The summed E-state index contributed by atoms with van der Waals surface area (Å²) in [6, 6.07) is 12.8. The lowest BCUT2D eigenvalue weighted by Gasteiger charge is -2.15. The van der Waals surface area contributed by atoms with Crippen molar-refractivity contribution < 1.29 is 76.1 Å². The first-order valence-corrected chi connectivity index (χ1v) is 19.1. The molecule has 0 unspecified atom stereocenters. The molecule has 0 aromatic heterocycles. The molecular weight excluding hydrogens is 810 g/mol. The van der Waals surface area contributed by atoms with Crippen LogP contribution in [-0.2, 0) is 38.1 Å². The Kier molecular flexibility index (Phi) is 21.3. The van der Waals surface area contributed by atoms with Gasteiger partial charge in [-0.25, -0.2) is 28.8 Å². The number of ether oxygens (including phenoxy) is 10. The summed E-state index contributed by atoms with van der Waals surface area (Å²) < 4.78 is 54.4. The van der Waals surface area contributed by atoms with E-state index in [9.17, 15) is 28.8 Å². The third kappa shape index (κ3) is 17.3. The molecule has 0 bridgehead atoms. The third-order valence-electron chi connectivity index (χ3n) is 7.74. The number of hydrogen-bond donors (Lipinski definition) is 1. The summed E-state index contributed by atoms with van der Waals surface area (Å²) in [5.74, 6) is -2.93. The van der Waals surface area contributed by atoms with Crippen LogP contribution in [0.3, 0.4) is 0 Å². The van der Waals surface area contributed by atoms with Crippen LogP contribution in [0.5, 0.6) is 34.5 Å². The van der Waals surface area contributed by atoms with E-state index in [0.717, 1.165) is 30.5 Å². The highest BCUT2D eigenvalue weighted by atomic mass is 16.6. The average Bonchev–Trinajstić information content (AvgIpc) is 3.28. The van der Waals surface area contributed by atoms with Crippen LogP contribution in [-0.4, -0.2) is 94.9 Å². The molecule has 0 saturated heterocycles. The molecule has 1 N–H and O–H groups in total. The van der Waals surface area contributed by atoms with Gasteiger partial charge in [0.2, 0.25) is 0 Å². The molecule has 17 nitrogen and oxygen atoms in total. The average molecular weight is 858 g/mol. The van der Waals surface area contributed by atoms with Crippen molar-refractivity contribution in [2.45, 2.75) is 25.7 Å². The maximum Gasteiger partial charge on any atom is 0.343 e. The monoisotopic (exact) mass is 857 g/mol. The fourth-order valence-electron chi connectivity index (χ4n) is 4.75. The highest BCUT2D eigenvalue weighted by Crippen LogP contribution is 2.32. The molecule has 0 aliphatic heterocycles. The topological polar surface area (TPSA) is 219 Å². The Labute approximate surface area is 357 Å². The van der Waals surface area contributed by atoms with Gasteiger partial charge in [0, 0.05) is 61.8 Å². The van der Waals surface area contributed by atoms with Crippen LogP contribution >= 0.6 is 0 Å². The molecule has 17 heteroatoms. The highest BCUT2D eigenvalue weighted by Gasteiger charge is 2.19. The predicted molar refractivity (Wildman–Crippen MR) is 222 cm³/mol. The SMILES string of the molecule is C=CC(=O)OCCCOc1ccc(C(=O)Oc2ccc(OC(=O)c3ccc(OCCCOC(=O)C=C)c(OCCCOC(=O)C=C)c3)c(C=N)c2)cc1OCCCOC(=O)C=C. The van der Waals surface area contributed by atoms with E-state index < -0.39 is 35.8 Å². The first-order valence-electron chi connectivity index (χ1n) is 19.1. The summed E-state index contributed by atoms with van der Waals surface area (Å²) in [4.78, 5) is 72.0. The van der Waals surface area contributed by atoms with Gasteiger partial charge in [0.1, 0.15) is 11.5 Å². The van der Waals surface area contributed by atoms with Crippen LogP contribution in [0.15, 0.2) is 105 Å². The third-order valence-corrected chi connectivity index (χ3v) is 7.74. The van der Waals surface area contributed by atoms with Gasteiger partial charge >= 0.3 is 35.8 Å². The van der Waals surface area contributed by atoms with Gasteiger partial charge < -0.3 is 52.8 Å². The molecule has 3 aromatic carbocycles. The lowest BCUT2D eigenvalue weighted by atomic mass is 10.1. The standard InChI is InChI=1S/C45H47NO16/c1-5-40(47)57-23-9-19-53-36-16-13-31(28-38(36)55-21-11-25-59-42(49)7-3)44(51)61-34-15-18-35(33(27-34)30-46)62-45(52)32-14-17-37(54-20-10-24-58-41(48)6-2)39(29-32)56-22-12-26-60-43(50)8-4/h5-8,13-18,27-30,46H,1-4,9-12,19-26H2. The van der Waals surface area contributed by atoms with Crippen LogP contribution in [0.1, 0.15) is 52.0 Å². The van der Waals surface area contributed by atoms with E-state index >= 15 is 0 Å². The van der Waals surface area contributed by atoms with Crippen molar-refractivity contribution in [2.75, 3.05) is 52.9 Å². The summed E-state index contributed by atoms with van der Waals surface area (Å²) in [6.07, 6.45) is 6.44. The lowest BCUT2D eigenvalue weighted by molar-refractivity contribution is -0.138. The van der Waals surface area contributed by atoms with Crippen molar-refractivity contribution in [3.8, 4) is 34.5 Å². The molecule has 328 valence electrons. The molecular formula is C45H47NO16. The zero-order valence-corrected chi connectivity index (χ0v) is 33.9. The minimum absolute atomic E-state index is 0.0130. The molecule has 0 fully saturated rings. The van der Waals surface area contributed by atoms with E-state index in [1.807, 2.05) is 0 Å². The fraction of sp³-hybridized carbons (Fsp3) is 0.267. The quantitative estimate of drug-likeness (QED) is 0.0208. The number of carbonyl (C=O) groups is 6. The first-order chi connectivity index (χ1) is 30.0. The molecule has 0 amide bonds. The minimum Gasteiger partial charge on any atom is -0.490 e. The van der Waals surface area contributed by atoms with Gasteiger partial charge in [0.25, 0.3) is 0 Å². The molecule has 0 radical (unpaired) electrons. The molecule has 3 aromatic rings. The fourth-order valence-corrected chi connectivity index (χ4v) is 4.75. The van der Waals surface area contributed by atoms with Crippen LogP contribution < -0.4 is 28.4 Å². The van der Waals surface area contributed by atoms with Crippen LogP contribution in [0.4, 0.5) is 0 Å². The Hall–Kier alpha value is -7.69. The van der Waals surface area contributed by atoms with Gasteiger partial charge in [-0.2, -0.15) is 0 Å². The first kappa shape index (κ1) is 48.7. The second-order valence-electron chi connectivity index (χ2n) is 12.2. The van der Waals surface area contributed by atoms with E-state index in [2.05, 4.69) is 26.3 Å². The maximum absolute atomic E-state index is 13.3. The summed E-state index contributed by atoms with van der Waals surface area (Å²) in [5, 5.41) is 7.96. The number of rotatable bonds is 29. The van der Waals surface area contributed by atoms with Gasteiger partial charge in [-0.15, -0.1) is 0 Å². The van der Waals surface area contributed by atoms with Gasteiger partial charge in [0.05, 0.1) is 64.0 Å². The molecule has 0 aliphatic carbocycles. The summed E-state index contributed by atoms with van der Waals surface area (Å²) in [7, 11) is 0. The molecule has 0 saturated carbocycles. The second kappa shape index (κ2) is 27.1. The van der Waals surface area contributed by atoms with E-state index in [1.165, 1.54) is 54.6 Å². The number of benzene rings is 3. The lowest BCUT2D eigenvalue weighted by Crippen LogP contribution is -2.13. The predicted octanol–water partition coefficient (Wildman–Crippen LogP) is 6.12. The van der Waals surface area contributed by atoms with Crippen molar-refractivity contribution in [1.82, 2.24) is 0 Å². The number of carbonyl (C=O) groups excluding carboxylic acids is 6. The Morgan fingerprint density at radius 1 is 0.435 bits per heavy atom. The number of nitrogens with one attached hydrogen (secondary N) is 1. The molecule has 0 aliphatic rings. The van der Waals surface area contributed by atoms with Crippen molar-refractivity contribution in [1.29, 1.82) is 5.41 Å². The van der Waals surface area contributed by atoms with Crippen molar-refractivity contribution in [3.63, 3.8) is 0 Å². The van der Waals surface area contributed by atoms with Crippen LogP contribution in [0, 0.1) is 5.41 Å². The van der Waals surface area contributed by atoms with Crippen molar-refractivity contribution in [2.24, 2.45) is 0 Å². The zero-order chi connectivity index (χ0) is 45.1. The molecule has 0 spiro atoms. The smallest absolute Gasteiger partial charge is 0.343 e. The Bertz CT molecular complexity index is 2090. The zero-order valence-electron chi connectivity index (χ0n) is 33.9. The van der Waals surface area contributed by atoms with E-state index in [-0.39, 0.29) is 104 Å². The number of esters is 6. The molecule has 0 heterocycles. The highest BCUT2D eigenvalue weighted by molar-refractivity contribution is 5.94. The Morgan fingerprint density at radius 2 is 0.790 bits per heavy atom. The van der Waals surface area contributed by atoms with Gasteiger partial charge in [0.15, 0.2) is 23.0 Å². The summed E-state index contributed by atoms with van der Waals surface area (Å²) in [5.41, 5.74) is 0.253. The molecule has 0 atom stereocenters. The molecule has 3 rings (SSSR count). The maximum atomic E-state index is 13.3. The minimum atomic E-state index is -0.808. The normalized spacial score (nSPS) is 10.1. The largest absolute Gasteiger partial charge is 0.490 e. The van der Waals surface area contributed by atoms with Crippen LogP contribution in [0.25, 0.3) is 0 Å².